The molecule has 0 amide bonds. The summed E-state index contributed by atoms with van der Waals surface area (Å²) < 4.78 is 17.0. The lowest BCUT2D eigenvalue weighted by Crippen LogP contribution is -2.30. The highest BCUT2D eigenvalue weighted by Gasteiger charge is 2.20. The number of ether oxygens (including phenoxy) is 3. The molecule has 0 aromatic heterocycles. The van der Waals surface area contributed by atoms with E-state index in [1.54, 1.807) is 0 Å². The first-order valence-electron chi connectivity index (χ1n) is 37.8. The first-order chi connectivity index (χ1) is 41.0. The van der Waals surface area contributed by atoms with Gasteiger partial charge >= 0.3 is 17.9 Å². The molecule has 1 unspecified atom stereocenters. The number of allylic oxidation sites excluding steroid dienone is 4. The second kappa shape index (κ2) is 72.4. The minimum atomic E-state index is -0.771. The van der Waals surface area contributed by atoms with Crippen molar-refractivity contribution in [3.63, 3.8) is 0 Å². The van der Waals surface area contributed by atoms with Crippen molar-refractivity contribution >= 4 is 17.9 Å². The fraction of sp³-hybridized carbons (Fsp3) is 0.909. The number of carbonyl (C=O) groups is 3. The van der Waals surface area contributed by atoms with Crippen LogP contribution in [0, 0.1) is 0 Å². The van der Waals surface area contributed by atoms with Crippen LogP contribution in [0.3, 0.4) is 0 Å². The van der Waals surface area contributed by atoms with E-state index >= 15 is 0 Å². The van der Waals surface area contributed by atoms with Crippen LogP contribution >= 0.6 is 0 Å². The van der Waals surface area contributed by atoms with Crippen LogP contribution in [-0.4, -0.2) is 37.2 Å². The smallest absolute Gasteiger partial charge is 0.306 e. The molecule has 0 spiro atoms. The Morgan fingerprint density at radius 2 is 0.398 bits per heavy atom. The summed E-state index contributed by atoms with van der Waals surface area (Å²) in [4.78, 5) is 38.4. The predicted octanol–water partition coefficient (Wildman–Crippen LogP) is 26.1. The third-order valence-electron chi connectivity index (χ3n) is 17.4. The monoisotopic (exact) mass is 1170 g/mol. The van der Waals surface area contributed by atoms with Gasteiger partial charge in [0.1, 0.15) is 13.2 Å². The van der Waals surface area contributed by atoms with Crippen molar-refractivity contribution in [1.82, 2.24) is 0 Å². The molecule has 0 bridgehead atoms. The largest absolute Gasteiger partial charge is 0.462 e. The molecule has 0 fully saturated rings. The summed E-state index contributed by atoms with van der Waals surface area (Å²) in [5, 5.41) is 0. The van der Waals surface area contributed by atoms with Gasteiger partial charge in [-0.1, -0.05) is 366 Å². The molecule has 0 saturated heterocycles. The quantitative estimate of drug-likeness (QED) is 0.0261. The number of rotatable bonds is 71. The molecule has 0 radical (unpaired) electrons. The standard InChI is InChI=1S/C77H146O6/c1-4-7-10-13-16-19-22-25-27-29-31-32-33-34-35-36-37-38-39-40-41-42-43-44-46-47-49-52-55-58-61-64-67-70-76(79)82-73-74(72-81-75(78)69-66-63-60-57-54-51-24-21-18-15-12-9-6-3)83-77(80)71-68-65-62-59-56-53-50-48-45-30-28-26-23-20-17-14-11-8-5-2/h21,24,29,31,74H,4-20,22-23,25-28,30,32-73H2,1-3H3/b24-21-,31-29-. The molecule has 0 aromatic carbocycles. The third-order valence-corrected chi connectivity index (χ3v) is 17.4. The van der Waals surface area contributed by atoms with Crippen LogP contribution in [-0.2, 0) is 28.6 Å². The minimum Gasteiger partial charge on any atom is -0.462 e. The SMILES string of the molecule is CCCCCC/C=C\CCCCCCCC(=O)OCC(COC(=O)CCCCCCCCCCCCCCCCCCCCCCC/C=C\CCCCCCCCCC)OC(=O)CCCCCCCCCCCCCCCCCCCCC. The average Bonchev–Trinajstić information content (AvgIpc) is 3.49. The zero-order valence-electron chi connectivity index (χ0n) is 56.5. The molecule has 0 rings (SSSR count). The summed E-state index contributed by atoms with van der Waals surface area (Å²) in [6.45, 7) is 6.70. The highest BCUT2D eigenvalue weighted by Crippen LogP contribution is 2.19. The normalized spacial score (nSPS) is 12.1. The number of carbonyl (C=O) groups excluding carboxylic acids is 3. The fourth-order valence-corrected chi connectivity index (χ4v) is 11.7. The highest BCUT2D eigenvalue weighted by molar-refractivity contribution is 5.71. The molecule has 0 aliphatic heterocycles. The molecule has 0 N–H and O–H groups in total. The predicted molar refractivity (Wildman–Crippen MR) is 363 cm³/mol. The molecule has 83 heavy (non-hydrogen) atoms. The van der Waals surface area contributed by atoms with Gasteiger partial charge in [-0.3, -0.25) is 14.4 Å². The van der Waals surface area contributed by atoms with Crippen molar-refractivity contribution < 1.29 is 28.6 Å². The van der Waals surface area contributed by atoms with Gasteiger partial charge in [0.2, 0.25) is 0 Å². The highest BCUT2D eigenvalue weighted by atomic mass is 16.6. The van der Waals surface area contributed by atoms with Gasteiger partial charge < -0.3 is 14.2 Å². The van der Waals surface area contributed by atoms with Gasteiger partial charge in [0, 0.05) is 19.3 Å². The Kier molecular flexibility index (Phi) is 70.5. The summed E-state index contributed by atoms with van der Waals surface area (Å²) in [5.41, 5.74) is 0. The van der Waals surface area contributed by atoms with E-state index in [4.69, 9.17) is 14.2 Å². The Labute approximate surface area is 519 Å². The Morgan fingerprint density at radius 3 is 0.614 bits per heavy atom. The van der Waals surface area contributed by atoms with Crippen molar-refractivity contribution in [2.75, 3.05) is 13.2 Å². The molecule has 0 saturated carbocycles. The zero-order chi connectivity index (χ0) is 59.9. The lowest BCUT2D eigenvalue weighted by atomic mass is 10.0. The van der Waals surface area contributed by atoms with Crippen LogP contribution in [0.4, 0.5) is 0 Å². The van der Waals surface area contributed by atoms with Gasteiger partial charge in [-0.05, 0) is 70.6 Å². The molecular formula is C77H146O6. The topological polar surface area (TPSA) is 78.9 Å². The van der Waals surface area contributed by atoms with Crippen LogP contribution in [0.5, 0.6) is 0 Å². The maximum Gasteiger partial charge on any atom is 0.306 e. The molecule has 490 valence electrons. The summed E-state index contributed by atoms with van der Waals surface area (Å²) >= 11 is 0. The maximum absolute atomic E-state index is 12.9. The number of unbranched alkanes of at least 4 members (excludes halogenated alkanes) is 56. The first-order valence-corrected chi connectivity index (χ1v) is 37.8. The van der Waals surface area contributed by atoms with Gasteiger partial charge in [0.25, 0.3) is 0 Å². The van der Waals surface area contributed by atoms with E-state index in [0.717, 1.165) is 64.2 Å². The van der Waals surface area contributed by atoms with Crippen LogP contribution in [0.15, 0.2) is 24.3 Å². The molecule has 0 aliphatic carbocycles. The Balaban J connectivity index is 4.10. The van der Waals surface area contributed by atoms with Crippen LogP contribution in [0.2, 0.25) is 0 Å². The molecule has 6 heteroatoms. The Morgan fingerprint density at radius 1 is 0.229 bits per heavy atom. The van der Waals surface area contributed by atoms with Crippen LogP contribution in [0.1, 0.15) is 432 Å². The van der Waals surface area contributed by atoms with Crippen LogP contribution < -0.4 is 0 Å². The lowest BCUT2D eigenvalue weighted by molar-refractivity contribution is -0.167. The molecule has 0 aliphatic rings. The number of hydrogen-bond acceptors (Lipinski definition) is 6. The van der Waals surface area contributed by atoms with E-state index < -0.39 is 6.10 Å². The minimum absolute atomic E-state index is 0.0669. The van der Waals surface area contributed by atoms with Crippen LogP contribution in [0.25, 0.3) is 0 Å². The van der Waals surface area contributed by atoms with E-state index in [1.807, 2.05) is 0 Å². The van der Waals surface area contributed by atoms with Gasteiger partial charge in [-0.15, -0.1) is 0 Å². The molecule has 0 aromatic rings. The second-order valence-corrected chi connectivity index (χ2v) is 25.9. The number of esters is 3. The second-order valence-electron chi connectivity index (χ2n) is 25.9. The molecule has 1 atom stereocenters. The Bertz CT molecular complexity index is 1340. The fourth-order valence-electron chi connectivity index (χ4n) is 11.7. The van der Waals surface area contributed by atoms with Crippen molar-refractivity contribution in [2.24, 2.45) is 0 Å². The van der Waals surface area contributed by atoms with Gasteiger partial charge in [0.15, 0.2) is 6.10 Å². The average molecular weight is 1170 g/mol. The maximum atomic E-state index is 12.9. The Hall–Kier alpha value is -2.11. The lowest BCUT2D eigenvalue weighted by Gasteiger charge is -2.18. The van der Waals surface area contributed by atoms with E-state index in [-0.39, 0.29) is 31.1 Å². The van der Waals surface area contributed by atoms with Gasteiger partial charge in [-0.25, -0.2) is 0 Å². The van der Waals surface area contributed by atoms with Gasteiger partial charge in [0.05, 0.1) is 0 Å². The van der Waals surface area contributed by atoms with Crippen molar-refractivity contribution in [3.05, 3.63) is 24.3 Å². The molecule has 6 nitrogen and oxygen atoms in total. The summed E-state index contributed by atoms with van der Waals surface area (Å²) in [5.74, 6) is -0.842. The van der Waals surface area contributed by atoms with E-state index in [1.165, 1.54) is 327 Å². The summed E-state index contributed by atoms with van der Waals surface area (Å²) in [6.07, 6.45) is 89.5. The summed E-state index contributed by atoms with van der Waals surface area (Å²) in [6, 6.07) is 0. The molecular weight excluding hydrogens is 1020 g/mol. The van der Waals surface area contributed by atoms with E-state index in [2.05, 4.69) is 45.1 Å². The van der Waals surface area contributed by atoms with Gasteiger partial charge in [-0.2, -0.15) is 0 Å². The summed E-state index contributed by atoms with van der Waals surface area (Å²) in [7, 11) is 0. The van der Waals surface area contributed by atoms with E-state index in [0.29, 0.717) is 19.3 Å². The molecule has 0 heterocycles. The zero-order valence-corrected chi connectivity index (χ0v) is 56.5. The van der Waals surface area contributed by atoms with Crippen molar-refractivity contribution in [2.45, 2.75) is 438 Å². The van der Waals surface area contributed by atoms with E-state index in [9.17, 15) is 14.4 Å². The van der Waals surface area contributed by atoms with Crippen molar-refractivity contribution in [3.8, 4) is 0 Å². The third kappa shape index (κ3) is 70.5. The first kappa shape index (κ1) is 80.9. The van der Waals surface area contributed by atoms with Crippen molar-refractivity contribution in [1.29, 1.82) is 0 Å². The number of hydrogen-bond donors (Lipinski definition) is 0.